The van der Waals surface area contributed by atoms with Gasteiger partial charge in [-0.05, 0) is 54.8 Å². The largest absolute Gasteiger partial charge is 0.493 e. The second-order valence-corrected chi connectivity index (χ2v) is 6.42. The zero-order chi connectivity index (χ0) is 18.7. The summed E-state index contributed by atoms with van der Waals surface area (Å²) < 4.78 is 7.24. The van der Waals surface area contributed by atoms with E-state index < -0.39 is 5.97 Å². The normalized spacial score (nSPS) is 11.5. The number of benzene rings is 1. The first-order chi connectivity index (χ1) is 12.4. The number of hydrogen-bond acceptors (Lipinski definition) is 5. The Kier molecular flexibility index (Phi) is 4.97. The van der Waals surface area contributed by atoms with Crippen molar-refractivity contribution in [3.8, 4) is 5.75 Å². The topological polar surface area (TPSA) is 88.5 Å². The summed E-state index contributed by atoms with van der Waals surface area (Å²) in [5.41, 5.74) is 1.98. The molecule has 0 bridgehead atoms. The van der Waals surface area contributed by atoms with Gasteiger partial charge in [-0.2, -0.15) is 0 Å². The Labute approximate surface area is 151 Å². The molecular formula is C19H20N4O3. The van der Waals surface area contributed by atoms with Gasteiger partial charge in [0.15, 0.2) is 11.5 Å². The number of pyridine rings is 1. The molecule has 3 aromatic rings. The Morgan fingerprint density at radius 1 is 1.23 bits per heavy atom. The van der Waals surface area contributed by atoms with Crippen molar-refractivity contribution in [2.45, 2.75) is 20.8 Å². The maximum atomic E-state index is 11.5. The van der Waals surface area contributed by atoms with Gasteiger partial charge in [-0.15, -0.1) is 10.2 Å². The van der Waals surface area contributed by atoms with Crippen molar-refractivity contribution in [2.75, 3.05) is 6.61 Å². The Hall–Kier alpha value is -3.22. The van der Waals surface area contributed by atoms with Gasteiger partial charge in [0.25, 0.3) is 0 Å². The molecule has 0 saturated carbocycles. The maximum absolute atomic E-state index is 11.5. The second kappa shape index (κ2) is 7.35. The number of aromatic nitrogens is 2. The van der Waals surface area contributed by atoms with Crippen molar-refractivity contribution in [3.63, 3.8) is 0 Å². The van der Waals surface area contributed by atoms with Gasteiger partial charge in [-0.1, -0.05) is 13.8 Å². The summed E-state index contributed by atoms with van der Waals surface area (Å²) >= 11 is 0. The highest BCUT2D eigenvalue weighted by Gasteiger charge is 2.18. The highest BCUT2D eigenvalue weighted by Crippen LogP contribution is 2.26. The molecule has 26 heavy (non-hydrogen) atoms. The van der Waals surface area contributed by atoms with Crippen molar-refractivity contribution < 1.29 is 14.6 Å². The second-order valence-electron chi connectivity index (χ2n) is 6.42. The van der Waals surface area contributed by atoms with E-state index in [1.54, 1.807) is 28.8 Å². The molecule has 0 amide bonds. The molecule has 0 atom stereocenters. The number of nitrogens with zero attached hydrogens (tertiary/aromatic N) is 4. The fraction of sp³-hybridized carbons (Fsp3) is 0.263. The van der Waals surface area contributed by atoms with Gasteiger partial charge in [0, 0.05) is 6.20 Å². The molecule has 3 rings (SSSR count). The van der Waals surface area contributed by atoms with Crippen LogP contribution in [0.3, 0.4) is 0 Å². The molecule has 0 radical (unpaired) electrons. The summed E-state index contributed by atoms with van der Waals surface area (Å²) in [6.45, 7) is 6.73. The molecule has 0 spiro atoms. The summed E-state index contributed by atoms with van der Waals surface area (Å²) in [6.07, 6.45) is 1.74. The number of aromatic carboxylic acids is 1. The minimum Gasteiger partial charge on any atom is -0.493 e. The molecule has 0 aliphatic heterocycles. The predicted octanol–water partition coefficient (Wildman–Crippen LogP) is 4.79. The number of azo groups is 1. The van der Waals surface area contributed by atoms with Crippen LogP contribution < -0.4 is 4.74 Å². The monoisotopic (exact) mass is 352 g/mol. The van der Waals surface area contributed by atoms with Gasteiger partial charge >= 0.3 is 5.97 Å². The third-order valence-electron chi connectivity index (χ3n) is 3.64. The third kappa shape index (κ3) is 3.88. The van der Waals surface area contributed by atoms with Crippen LogP contribution in [0.25, 0.3) is 5.65 Å². The minimum absolute atomic E-state index is 0.128. The van der Waals surface area contributed by atoms with Gasteiger partial charge in [0.1, 0.15) is 11.4 Å². The fourth-order valence-electron chi connectivity index (χ4n) is 2.35. The number of fused-ring (bicyclic) bond motifs is 1. The minimum atomic E-state index is -1.14. The molecule has 1 N–H and O–H groups in total. The Bertz CT molecular complexity index is 959. The first kappa shape index (κ1) is 17.6. The molecular weight excluding hydrogens is 332 g/mol. The Balaban J connectivity index is 1.88. The van der Waals surface area contributed by atoms with Gasteiger partial charge in [-0.3, -0.25) is 4.40 Å². The predicted molar refractivity (Wildman–Crippen MR) is 97.8 cm³/mol. The Morgan fingerprint density at radius 2 is 1.96 bits per heavy atom. The van der Waals surface area contributed by atoms with Crippen molar-refractivity contribution >= 4 is 23.1 Å². The van der Waals surface area contributed by atoms with E-state index in [1.807, 2.05) is 25.1 Å². The lowest BCUT2D eigenvalue weighted by Crippen LogP contribution is -2.03. The molecule has 1 aromatic carbocycles. The van der Waals surface area contributed by atoms with Crippen molar-refractivity contribution in [1.29, 1.82) is 0 Å². The van der Waals surface area contributed by atoms with E-state index in [-0.39, 0.29) is 11.5 Å². The maximum Gasteiger partial charge on any atom is 0.358 e. The number of carboxylic acid groups (broad SMARTS) is 1. The SMILES string of the molecule is Cc1ccn2c(N=Nc3ccc(OCC(C)C)cc3)c(C(=O)O)nc2c1. The van der Waals surface area contributed by atoms with Crippen LogP contribution in [0.2, 0.25) is 0 Å². The van der Waals surface area contributed by atoms with Crippen molar-refractivity contribution in [1.82, 2.24) is 9.38 Å². The van der Waals surface area contributed by atoms with Crippen LogP contribution >= 0.6 is 0 Å². The number of imidazole rings is 1. The van der Waals surface area contributed by atoms with Crippen molar-refractivity contribution in [2.24, 2.45) is 16.1 Å². The van der Waals surface area contributed by atoms with Crippen molar-refractivity contribution in [3.05, 3.63) is 53.9 Å². The van der Waals surface area contributed by atoms with Gasteiger partial charge in [0.2, 0.25) is 0 Å². The first-order valence-electron chi connectivity index (χ1n) is 8.30. The van der Waals surface area contributed by atoms with E-state index >= 15 is 0 Å². The molecule has 0 saturated heterocycles. The summed E-state index contributed by atoms with van der Waals surface area (Å²) in [5, 5.41) is 17.6. The standard InChI is InChI=1S/C19H20N4O3/c1-12(2)11-26-15-6-4-14(5-7-15)21-22-18-17(19(24)25)20-16-10-13(3)8-9-23(16)18/h4-10,12H,11H2,1-3H3,(H,24,25). The van der Waals surface area contributed by atoms with E-state index in [2.05, 4.69) is 29.1 Å². The van der Waals surface area contributed by atoms with Gasteiger partial charge < -0.3 is 9.84 Å². The van der Waals surface area contributed by atoms with Crippen LogP contribution in [-0.2, 0) is 0 Å². The lowest BCUT2D eigenvalue weighted by molar-refractivity contribution is 0.0692. The van der Waals surface area contributed by atoms with E-state index in [0.717, 1.165) is 11.3 Å². The van der Waals surface area contributed by atoms with Crippen LogP contribution in [0.15, 0.2) is 52.8 Å². The van der Waals surface area contributed by atoms with Crippen LogP contribution in [0.4, 0.5) is 11.5 Å². The summed E-state index contributed by atoms with van der Waals surface area (Å²) in [7, 11) is 0. The van der Waals surface area contributed by atoms with Crippen LogP contribution in [-0.4, -0.2) is 27.1 Å². The van der Waals surface area contributed by atoms with Gasteiger partial charge in [-0.25, -0.2) is 9.78 Å². The van der Waals surface area contributed by atoms with E-state index in [0.29, 0.717) is 23.9 Å². The Morgan fingerprint density at radius 3 is 2.62 bits per heavy atom. The number of carboxylic acids is 1. The molecule has 0 aliphatic rings. The molecule has 0 unspecified atom stereocenters. The molecule has 7 nitrogen and oxygen atoms in total. The zero-order valence-electron chi connectivity index (χ0n) is 14.9. The zero-order valence-corrected chi connectivity index (χ0v) is 14.9. The number of aryl methyl sites for hydroxylation is 1. The van der Waals surface area contributed by atoms with E-state index in [4.69, 9.17) is 4.74 Å². The molecule has 0 aliphatic carbocycles. The van der Waals surface area contributed by atoms with Crippen LogP contribution in [0, 0.1) is 12.8 Å². The lowest BCUT2D eigenvalue weighted by atomic mass is 10.2. The van der Waals surface area contributed by atoms with Crippen LogP contribution in [0.5, 0.6) is 5.75 Å². The fourth-order valence-corrected chi connectivity index (χ4v) is 2.35. The molecule has 0 fully saturated rings. The molecule has 7 heteroatoms. The first-order valence-corrected chi connectivity index (χ1v) is 8.30. The van der Waals surface area contributed by atoms with Gasteiger partial charge in [0.05, 0.1) is 12.3 Å². The quantitative estimate of drug-likeness (QED) is 0.646. The highest BCUT2D eigenvalue weighted by molar-refractivity contribution is 5.91. The summed E-state index contributed by atoms with van der Waals surface area (Å²) in [6, 6.07) is 10.8. The summed E-state index contributed by atoms with van der Waals surface area (Å²) in [4.78, 5) is 15.6. The average molecular weight is 352 g/mol. The lowest BCUT2D eigenvalue weighted by Gasteiger charge is -2.08. The molecule has 2 aromatic heterocycles. The summed E-state index contributed by atoms with van der Waals surface area (Å²) in [5.74, 6) is 0.252. The number of rotatable bonds is 6. The highest BCUT2D eigenvalue weighted by atomic mass is 16.5. The number of hydrogen-bond donors (Lipinski definition) is 1. The van der Waals surface area contributed by atoms with Crippen LogP contribution in [0.1, 0.15) is 29.9 Å². The average Bonchev–Trinajstić information content (AvgIpc) is 2.97. The molecule has 134 valence electrons. The number of carbonyl (C=O) groups is 1. The number of ether oxygens (including phenoxy) is 1. The van der Waals surface area contributed by atoms with E-state index in [9.17, 15) is 9.90 Å². The third-order valence-corrected chi connectivity index (χ3v) is 3.64. The smallest absolute Gasteiger partial charge is 0.358 e. The van der Waals surface area contributed by atoms with E-state index in [1.165, 1.54) is 0 Å². The molecule has 2 heterocycles.